The van der Waals surface area contributed by atoms with Gasteiger partial charge >= 0.3 is 0 Å². The molecule has 0 bridgehead atoms. The minimum absolute atomic E-state index is 0.0960. The van der Waals surface area contributed by atoms with Crippen LogP contribution in [0.1, 0.15) is 19.4 Å². The summed E-state index contributed by atoms with van der Waals surface area (Å²) in [6.07, 6.45) is 3.23. The fourth-order valence-corrected chi connectivity index (χ4v) is 3.02. The third-order valence-corrected chi connectivity index (χ3v) is 4.38. The number of halogens is 1. The zero-order valence-corrected chi connectivity index (χ0v) is 15.6. The molecule has 0 radical (unpaired) electrons. The van der Waals surface area contributed by atoms with Gasteiger partial charge in [-0.2, -0.15) is 5.10 Å². The molecule has 0 aliphatic heterocycles. The fraction of sp³-hybridized carbons (Fsp3) is 0.333. The first kappa shape index (κ1) is 18.1. The molecule has 0 unspecified atom stereocenters. The first-order valence-corrected chi connectivity index (χ1v) is 8.92. The minimum atomic E-state index is -0.141. The number of nitrogens with one attached hydrogen (secondary N) is 1. The predicted molar refractivity (Wildman–Crippen MR) is 102 cm³/mol. The Morgan fingerprint density at radius 1 is 1.27 bits per heavy atom. The van der Waals surface area contributed by atoms with Gasteiger partial charge in [0, 0.05) is 24.7 Å². The number of carbonyl (C=O) groups is 1. The van der Waals surface area contributed by atoms with Crippen LogP contribution in [0.3, 0.4) is 0 Å². The Morgan fingerprint density at radius 2 is 2.08 bits per heavy atom. The Hall–Kier alpha value is -2.67. The summed E-state index contributed by atoms with van der Waals surface area (Å²) in [5.74, 6) is 0.698. The average molecular weight is 373 g/mol. The van der Waals surface area contributed by atoms with Crippen molar-refractivity contribution in [3.63, 3.8) is 0 Å². The molecule has 0 aliphatic rings. The van der Waals surface area contributed by atoms with E-state index in [1.807, 2.05) is 18.2 Å². The molecule has 0 aliphatic carbocycles. The summed E-state index contributed by atoms with van der Waals surface area (Å²) < 4.78 is 1.59. The molecule has 0 saturated heterocycles. The van der Waals surface area contributed by atoms with Gasteiger partial charge in [-0.1, -0.05) is 23.7 Å². The van der Waals surface area contributed by atoms with Crippen molar-refractivity contribution in [1.82, 2.24) is 25.1 Å². The van der Waals surface area contributed by atoms with Gasteiger partial charge in [0.15, 0.2) is 5.65 Å². The zero-order chi connectivity index (χ0) is 18.5. The fourth-order valence-electron chi connectivity index (χ4n) is 2.81. The summed E-state index contributed by atoms with van der Waals surface area (Å²) in [6.45, 7) is 6.34. The Balaban J connectivity index is 1.72. The van der Waals surface area contributed by atoms with Crippen molar-refractivity contribution >= 4 is 34.4 Å². The van der Waals surface area contributed by atoms with Gasteiger partial charge in [-0.15, -0.1) is 0 Å². The third-order valence-electron chi connectivity index (χ3n) is 4.15. The summed E-state index contributed by atoms with van der Waals surface area (Å²) in [6, 6.07) is 7.40. The van der Waals surface area contributed by atoms with E-state index in [0.717, 1.165) is 29.9 Å². The largest absolute Gasteiger partial charge is 0.356 e. The lowest BCUT2D eigenvalue weighted by atomic mass is 10.2. The van der Waals surface area contributed by atoms with Gasteiger partial charge in [0.2, 0.25) is 5.91 Å². The molecule has 3 rings (SSSR count). The minimum Gasteiger partial charge on any atom is -0.356 e. The maximum absolute atomic E-state index is 12.3. The van der Waals surface area contributed by atoms with Crippen molar-refractivity contribution in [3.8, 4) is 0 Å². The van der Waals surface area contributed by atoms with Crippen LogP contribution in [0.25, 0.3) is 11.0 Å². The average Bonchev–Trinajstić information content (AvgIpc) is 3.05. The molecule has 1 aromatic carbocycles. The molecule has 7 nitrogen and oxygen atoms in total. The van der Waals surface area contributed by atoms with E-state index in [-0.39, 0.29) is 12.5 Å². The number of fused-ring (bicyclic) bond motifs is 1. The van der Waals surface area contributed by atoms with Crippen LogP contribution in [-0.4, -0.2) is 38.7 Å². The van der Waals surface area contributed by atoms with Gasteiger partial charge in [0.05, 0.1) is 11.6 Å². The molecule has 0 fully saturated rings. The predicted octanol–water partition coefficient (Wildman–Crippen LogP) is 2.64. The van der Waals surface area contributed by atoms with Crippen LogP contribution >= 0.6 is 11.6 Å². The first-order chi connectivity index (χ1) is 12.6. The lowest BCUT2D eigenvalue weighted by Gasteiger charge is -2.19. The van der Waals surface area contributed by atoms with Crippen LogP contribution in [0.15, 0.2) is 36.8 Å². The molecule has 26 heavy (non-hydrogen) atoms. The summed E-state index contributed by atoms with van der Waals surface area (Å²) in [5.41, 5.74) is 1.60. The summed E-state index contributed by atoms with van der Waals surface area (Å²) in [5, 5.41) is 8.69. The quantitative estimate of drug-likeness (QED) is 0.690. The molecule has 2 aromatic heterocycles. The monoisotopic (exact) mass is 372 g/mol. The molecule has 0 atom stereocenters. The first-order valence-electron chi connectivity index (χ1n) is 8.55. The van der Waals surface area contributed by atoms with Gasteiger partial charge in [0.1, 0.15) is 18.7 Å². The van der Waals surface area contributed by atoms with Crippen molar-refractivity contribution in [1.29, 1.82) is 0 Å². The van der Waals surface area contributed by atoms with E-state index in [4.69, 9.17) is 11.6 Å². The van der Waals surface area contributed by atoms with E-state index in [0.29, 0.717) is 17.2 Å². The molecular weight excluding hydrogens is 352 g/mol. The number of nitrogens with zero attached hydrogens (tertiary/aromatic N) is 5. The van der Waals surface area contributed by atoms with E-state index < -0.39 is 0 Å². The molecule has 0 spiro atoms. The summed E-state index contributed by atoms with van der Waals surface area (Å²) in [7, 11) is 0. The van der Waals surface area contributed by atoms with Crippen LogP contribution in [0.5, 0.6) is 0 Å². The lowest BCUT2D eigenvalue weighted by molar-refractivity contribution is -0.121. The lowest BCUT2D eigenvalue weighted by Crippen LogP contribution is -2.27. The van der Waals surface area contributed by atoms with Gasteiger partial charge in [-0.3, -0.25) is 4.79 Å². The van der Waals surface area contributed by atoms with Crippen molar-refractivity contribution in [2.75, 3.05) is 18.0 Å². The van der Waals surface area contributed by atoms with Gasteiger partial charge in [-0.25, -0.2) is 14.6 Å². The summed E-state index contributed by atoms with van der Waals surface area (Å²) >= 11 is 5.96. The maximum Gasteiger partial charge on any atom is 0.242 e. The highest BCUT2D eigenvalue weighted by Gasteiger charge is 2.15. The van der Waals surface area contributed by atoms with Crippen molar-refractivity contribution < 1.29 is 4.79 Å². The highest BCUT2D eigenvalue weighted by atomic mass is 35.5. The van der Waals surface area contributed by atoms with Crippen LogP contribution < -0.4 is 10.2 Å². The van der Waals surface area contributed by atoms with Gasteiger partial charge in [0.25, 0.3) is 0 Å². The molecular formula is C18H21ClN6O. The van der Waals surface area contributed by atoms with Gasteiger partial charge in [-0.05, 0) is 31.5 Å². The number of anilines is 1. The maximum atomic E-state index is 12.3. The standard InChI is InChI=1S/C18H21ClN6O/c1-3-24(4-2)17-15-10-23-25(18(15)22-12-21-17)11-16(26)20-9-13-6-5-7-14(19)8-13/h5-8,10,12H,3-4,9,11H2,1-2H3,(H,20,26). The number of hydrogen-bond donors (Lipinski definition) is 1. The number of amides is 1. The number of rotatable bonds is 7. The molecule has 2 heterocycles. The third kappa shape index (κ3) is 3.94. The highest BCUT2D eigenvalue weighted by Crippen LogP contribution is 2.22. The Labute approximate surface area is 157 Å². The molecule has 3 aromatic rings. The van der Waals surface area contributed by atoms with E-state index >= 15 is 0 Å². The topological polar surface area (TPSA) is 75.9 Å². The number of carbonyl (C=O) groups excluding carboxylic acids is 1. The molecule has 136 valence electrons. The van der Waals surface area contributed by atoms with Crippen LogP contribution in [-0.2, 0) is 17.9 Å². The SMILES string of the molecule is CCN(CC)c1ncnc2c1cnn2CC(=O)NCc1cccc(Cl)c1. The zero-order valence-electron chi connectivity index (χ0n) is 14.8. The van der Waals surface area contributed by atoms with E-state index in [1.165, 1.54) is 6.33 Å². The number of benzene rings is 1. The molecule has 0 saturated carbocycles. The van der Waals surface area contributed by atoms with Crippen molar-refractivity contribution in [3.05, 3.63) is 47.4 Å². The van der Waals surface area contributed by atoms with Gasteiger partial charge < -0.3 is 10.2 Å². The normalized spacial score (nSPS) is 10.9. The Bertz CT molecular complexity index is 906. The second-order valence-electron chi connectivity index (χ2n) is 5.82. The Kier molecular flexibility index (Phi) is 5.68. The molecule has 8 heteroatoms. The smallest absolute Gasteiger partial charge is 0.242 e. The second kappa shape index (κ2) is 8.14. The summed E-state index contributed by atoms with van der Waals surface area (Å²) in [4.78, 5) is 23.1. The highest BCUT2D eigenvalue weighted by molar-refractivity contribution is 6.30. The number of hydrogen-bond acceptors (Lipinski definition) is 5. The van der Waals surface area contributed by atoms with E-state index in [2.05, 4.69) is 39.1 Å². The molecule has 1 N–H and O–H groups in total. The van der Waals surface area contributed by atoms with Crippen molar-refractivity contribution in [2.24, 2.45) is 0 Å². The van der Waals surface area contributed by atoms with Crippen LogP contribution in [0.2, 0.25) is 5.02 Å². The van der Waals surface area contributed by atoms with Crippen LogP contribution in [0, 0.1) is 0 Å². The molecule has 1 amide bonds. The van der Waals surface area contributed by atoms with Crippen molar-refractivity contribution in [2.45, 2.75) is 26.9 Å². The van der Waals surface area contributed by atoms with E-state index in [1.54, 1.807) is 16.9 Å². The van der Waals surface area contributed by atoms with Crippen LogP contribution in [0.4, 0.5) is 5.82 Å². The Morgan fingerprint density at radius 3 is 2.81 bits per heavy atom. The van der Waals surface area contributed by atoms with E-state index in [9.17, 15) is 4.79 Å². The second-order valence-corrected chi connectivity index (χ2v) is 6.25. The number of aromatic nitrogens is 4.